The number of hydrogen-bond acceptors (Lipinski definition) is 4. The third kappa shape index (κ3) is 1.96. The summed E-state index contributed by atoms with van der Waals surface area (Å²) >= 11 is 1.37. The Labute approximate surface area is 123 Å². The second kappa shape index (κ2) is 4.68. The van der Waals surface area contributed by atoms with Gasteiger partial charge in [0.05, 0.1) is 12.0 Å². The molecule has 0 fully saturated rings. The summed E-state index contributed by atoms with van der Waals surface area (Å²) in [6.07, 6.45) is 3.30. The van der Waals surface area contributed by atoms with Crippen LogP contribution in [0.4, 0.5) is 0 Å². The topological polar surface area (TPSA) is 63.6 Å². The molecule has 3 heterocycles. The smallest absolute Gasteiger partial charge is 0.268 e. The number of fused-ring (bicyclic) bond motifs is 1. The molecule has 0 spiro atoms. The second-order valence-corrected chi connectivity index (χ2v) is 5.42. The summed E-state index contributed by atoms with van der Waals surface area (Å²) < 4.78 is 2.37. The van der Waals surface area contributed by atoms with Gasteiger partial charge >= 0.3 is 0 Å². The SMILES string of the molecule is O=c1[nH]cnc2c(-n3ccc(-c4ccccc4)n3)csc12. The van der Waals surface area contributed by atoms with Crippen LogP contribution in [0.15, 0.2) is 59.1 Å². The molecule has 0 amide bonds. The highest BCUT2D eigenvalue weighted by Gasteiger charge is 2.11. The van der Waals surface area contributed by atoms with Crippen LogP contribution in [0, 0.1) is 0 Å². The van der Waals surface area contributed by atoms with Crippen molar-refractivity contribution < 1.29 is 0 Å². The molecule has 4 aromatic rings. The van der Waals surface area contributed by atoms with E-state index in [0.717, 1.165) is 16.9 Å². The van der Waals surface area contributed by atoms with Gasteiger partial charge in [-0.25, -0.2) is 9.67 Å². The fourth-order valence-corrected chi connectivity index (χ4v) is 3.12. The van der Waals surface area contributed by atoms with Crippen molar-refractivity contribution in [1.29, 1.82) is 0 Å². The molecule has 6 heteroatoms. The molecule has 1 N–H and O–H groups in total. The summed E-state index contributed by atoms with van der Waals surface area (Å²) in [5.74, 6) is 0. The van der Waals surface area contributed by atoms with Crippen LogP contribution in [0.1, 0.15) is 0 Å². The van der Waals surface area contributed by atoms with Crippen LogP contribution in [0.3, 0.4) is 0 Å². The molecule has 0 aliphatic heterocycles. The fraction of sp³-hybridized carbons (Fsp3) is 0. The van der Waals surface area contributed by atoms with Crippen molar-refractivity contribution in [2.45, 2.75) is 0 Å². The van der Waals surface area contributed by atoms with Gasteiger partial charge in [-0.3, -0.25) is 4.79 Å². The van der Waals surface area contributed by atoms with E-state index in [-0.39, 0.29) is 5.56 Å². The molecule has 4 rings (SSSR count). The third-order valence-corrected chi connectivity index (χ3v) is 4.20. The van der Waals surface area contributed by atoms with Gasteiger partial charge in [0.2, 0.25) is 0 Å². The van der Waals surface area contributed by atoms with E-state index in [1.165, 1.54) is 17.7 Å². The van der Waals surface area contributed by atoms with Crippen molar-refractivity contribution in [3.8, 4) is 16.9 Å². The predicted octanol–water partition coefficient (Wildman–Crippen LogP) is 2.84. The lowest BCUT2D eigenvalue weighted by Gasteiger charge is -1.98. The maximum absolute atomic E-state index is 11.7. The van der Waals surface area contributed by atoms with Gasteiger partial charge in [-0.05, 0) is 6.07 Å². The number of nitrogens with zero attached hydrogens (tertiary/aromatic N) is 3. The van der Waals surface area contributed by atoms with Crippen molar-refractivity contribution in [1.82, 2.24) is 19.7 Å². The predicted molar refractivity (Wildman–Crippen MR) is 82.8 cm³/mol. The van der Waals surface area contributed by atoms with Crippen LogP contribution in [0.25, 0.3) is 27.2 Å². The molecule has 1 aromatic carbocycles. The first-order valence-corrected chi connectivity index (χ1v) is 7.27. The van der Waals surface area contributed by atoms with E-state index in [9.17, 15) is 4.79 Å². The molecule has 0 radical (unpaired) electrons. The van der Waals surface area contributed by atoms with E-state index in [4.69, 9.17) is 0 Å². The second-order valence-electron chi connectivity index (χ2n) is 4.54. The first-order valence-electron chi connectivity index (χ1n) is 6.39. The van der Waals surface area contributed by atoms with Gasteiger partial charge in [0.25, 0.3) is 5.56 Å². The van der Waals surface area contributed by atoms with E-state index in [2.05, 4.69) is 15.1 Å². The van der Waals surface area contributed by atoms with Crippen LogP contribution in [-0.4, -0.2) is 19.7 Å². The van der Waals surface area contributed by atoms with Gasteiger partial charge in [-0.15, -0.1) is 11.3 Å². The number of hydrogen-bond donors (Lipinski definition) is 1. The van der Waals surface area contributed by atoms with Crippen LogP contribution in [-0.2, 0) is 0 Å². The largest absolute Gasteiger partial charge is 0.312 e. The van der Waals surface area contributed by atoms with Crippen molar-refractivity contribution in [2.75, 3.05) is 0 Å². The minimum Gasteiger partial charge on any atom is -0.312 e. The van der Waals surface area contributed by atoms with E-state index >= 15 is 0 Å². The summed E-state index contributed by atoms with van der Waals surface area (Å²) in [7, 11) is 0. The van der Waals surface area contributed by atoms with Crippen molar-refractivity contribution in [2.24, 2.45) is 0 Å². The van der Waals surface area contributed by atoms with Crippen molar-refractivity contribution >= 4 is 21.6 Å². The maximum atomic E-state index is 11.7. The number of thiophene rings is 1. The molecule has 0 saturated carbocycles. The number of aromatic amines is 1. The summed E-state index contributed by atoms with van der Waals surface area (Å²) in [5.41, 5.74) is 3.32. The lowest BCUT2D eigenvalue weighted by molar-refractivity contribution is 0.891. The Kier molecular flexibility index (Phi) is 2.68. The summed E-state index contributed by atoms with van der Waals surface area (Å²) in [4.78, 5) is 18.6. The quantitative estimate of drug-likeness (QED) is 0.618. The average Bonchev–Trinajstić information content (AvgIpc) is 3.15. The Balaban J connectivity index is 1.85. The first-order chi connectivity index (χ1) is 10.3. The minimum absolute atomic E-state index is 0.119. The van der Waals surface area contributed by atoms with Crippen LogP contribution >= 0.6 is 11.3 Å². The summed E-state index contributed by atoms with van der Waals surface area (Å²) in [6, 6.07) is 11.9. The zero-order valence-electron chi connectivity index (χ0n) is 10.9. The van der Waals surface area contributed by atoms with Gasteiger partial charge in [-0.1, -0.05) is 30.3 Å². The highest BCUT2D eigenvalue weighted by molar-refractivity contribution is 7.17. The molecule has 21 heavy (non-hydrogen) atoms. The number of aromatic nitrogens is 4. The highest BCUT2D eigenvalue weighted by Crippen LogP contribution is 2.25. The standard InChI is InChI=1S/C15H10N4OS/c20-15-14-13(16-9-17-15)12(8-21-14)19-7-6-11(18-19)10-4-2-1-3-5-10/h1-9H,(H,16,17,20). The Morgan fingerprint density at radius 2 is 2.00 bits per heavy atom. The first kappa shape index (κ1) is 12.0. The zero-order valence-corrected chi connectivity index (χ0v) is 11.7. The molecule has 0 atom stereocenters. The average molecular weight is 294 g/mol. The molecule has 0 saturated heterocycles. The Bertz CT molecular complexity index is 968. The van der Waals surface area contributed by atoms with Crippen LogP contribution in [0.5, 0.6) is 0 Å². The fourth-order valence-electron chi connectivity index (χ4n) is 2.23. The molecular weight excluding hydrogens is 284 g/mol. The molecule has 0 bridgehead atoms. The van der Waals surface area contributed by atoms with Gasteiger partial charge in [0.1, 0.15) is 15.9 Å². The van der Waals surface area contributed by atoms with Crippen LogP contribution < -0.4 is 5.56 Å². The van der Waals surface area contributed by atoms with E-state index in [1.54, 1.807) is 4.68 Å². The molecule has 0 aliphatic rings. The third-order valence-electron chi connectivity index (χ3n) is 3.25. The monoisotopic (exact) mass is 294 g/mol. The number of rotatable bonds is 2. The van der Waals surface area contributed by atoms with Gasteiger partial charge in [0.15, 0.2) is 0 Å². The van der Waals surface area contributed by atoms with E-state index in [0.29, 0.717) is 10.2 Å². The summed E-state index contributed by atoms with van der Waals surface area (Å²) in [6.45, 7) is 0. The molecule has 3 aromatic heterocycles. The number of nitrogens with one attached hydrogen (secondary N) is 1. The minimum atomic E-state index is -0.119. The molecule has 102 valence electrons. The van der Waals surface area contributed by atoms with E-state index in [1.807, 2.05) is 48.0 Å². The van der Waals surface area contributed by atoms with Gasteiger partial charge < -0.3 is 4.98 Å². The number of benzene rings is 1. The lowest BCUT2D eigenvalue weighted by Crippen LogP contribution is -2.04. The normalized spacial score (nSPS) is 11.0. The van der Waals surface area contributed by atoms with E-state index < -0.39 is 0 Å². The Morgan fingerprint density at radius 1 is 1.14 bits per heavy atom. The molecular formula is C15H10N4OS. The van der Waals surface area contributed by atoms with Crippen molar-refractivity contribution in [3.05, 3.63) is 64.7 Å². The maximum Gasteiger partial charge on any atom is 0.268 e. The molecule has 0 unspecified atom stereocenters. The zero-order chi connectivity index (χ0) is 14.2. The van der Waals surface area contributed by atoms with Gasteiger partial charge in [-0.2, -0.15) is 5.10 Å². The Hall–Kier alpha value is -2.73. The summed E-state index contributed by atoms with van der Waals surface area (Å²) in [5, 5.41) is 6.47. The van der Waals surface area contributed by atoms with Gasteiger partial charge in [0, 0.05) is 17.1 Å². The molecule has 5 nitrogen and oxygen atoms in total. The highest BCUT2D eigenvalue weighted by atomic mass is 32.1. The van der Waals surface area contributed by atoms with Crippen molar-refractivity contribution in [3.63, 3.8) is 0 Å². The number of H-pyrrole nitrogens is 1. The van der Waals surface area contributed by atoms with Crippen LogP contribution in [0.2, 0.25) is 0 Å². The Morgan fingerprint density at radius 3 is 2.86 bits per heavy atom. The molecule has 0 aliphatic carbocycles. The lowest BCUT2D eigenvalue weighted by atomic mass is 10.2.